The van der Waals surface area contributed by atoms with E-state index in [1.54, 1.807) is 4.90 Å². The fourth-order valence-electron chi connectivity index (χ4n) is 1.53. The fraction of sp³-hybridized carbons (Fsp3) is 0.556. The molecule has 0 aliphatic carbocycles. The van der Waals surface area contributed by atoms with Crippen molar-refractivity contribution in [2.75, 3.05) is 18.0 Å². The van der Waals surface area contributed by atoms with Crippen molar-refractivity contribution in [2.24, 2.45) is 0 Å². The second kappa shape index (κ2) is 3.97. The summed E-state index contributed by atoms with van der Waals surface area (Å²) in [6.07, 6.45) is -0.399. The van der Waals surface area contributed by atoms with Crippen LogP contribution in [0.4, 0.5) is 13.9 Å². The molecule has 0 atom stereocenters. The van der Waals surface area contributed by atoms with E-state index < -0.39 is 11.9 Å². The number of piperidine rings is 1. The third-order valence-corrected chi connectivity index (χ3v) is 3.38. The molecule has 1 aliphatic rings. The molecular weight excluding hydrogens is 238 g/mol. The Balaban J connectivity index is 2.05. The number of hydrogen-bond donors (Lipinski definition) is 1. The number of halogens is 2. The van der Waals surface area contributed by atoms with Crippen LogP contribution in [-0.4, -0.2) is 35.1 Å². The van der Waals surface area contributed by atoms with Gasteiger partial charge in [0.1, 0.15) is 0 Å². The monoisotopic (exact) mass is 248 g/mol. The van der Waals surface area contributed by atoms with Crippen LogP contribution in [0.15, 0.2) is 5.38 Å². The van der Waals surface area contributed by atoms with Gasteiger partial charge in [-0.15, -0.1) is 11.3 Å². The molecule has 4 nitrogen and oxygen atoms in total. The molecule has 88 valence electrons. The maximum absolute atomic E-state index is 12.9. The number of aromatic nitrogens is 1. The summed E-state index contributed by atoms with van der Waals surface area (Å²) >= 11 is 1.17. The molecular formula is C9H10F2N2O2S. The van der Waals surface area contributed by atoms with Crippen LogP contribution in [0.5, 0.6) is 0 Å². The predicted molar refractivity (Wildman–Crippen MR) is 55.5 cm³/mol. The fourth-order valence-corrected chi connectivity index (χ4v) is 2.39. The van der Waals surface area contributed by atoms with Crippen LogP contribution in [-0.2, 0) is 0 Å². The van der Waals surface area contributed by atoms with E-state index in [9.17, 15) is 13.6 Å². The Morgan fingerprint density at radius 2 is 2.12 bits per heavy atom. The maximum atomic E-state index is 12.9. The topological polar surface area (TPSA) is 53.4 Å². The molecule has 0 radical (unpaired) electrons. The molecule has 0 saturated carbocycles. The Morgan fingerprint density at radius 3 is 2.62 bits per heavy atom. The normalized spacial score (nSPS) is 19.8. The van der Waals surface area contributed by atoms with Crippen molar-refractivity contribution in [1.29, 1.82) is 0 Å². The third kappa shape index (κ3) is 2.29. The molecule has 0 spiro atoms. The Morgan fingerprint density at radius 1 is 1.50 bits per heavy atom. The predicted octanol–water partition coefficient (Wildman–Crippen LogP) is 2.08. The zero-order valence-corrected chi connectivity index (χ0v) is 9.14. The highest BCUT2D eigenvalue weighted by Gasteiger charge is 2.34. The van der Waals surface area contributed by atoms with Crippen molar-refractivity contribution in [3.05, 3.63) is 11.1 Å². The van der Waals surface area contributed by atoms with Crippen LogP contribution < -0.4 is 4.90 Å². The number of nitrogens with zero attached hydrogens (tertiary/aromatic N) is 2. The van der Waals surface area contributed by atoms with Gasteiger partial charge in [-0.1, -0.05) is 0 Å². The number of hydrogen-bond acceptors (Lipinski definition) is 4. The van der Waals surface area contributed by atoms with Crippen LogP contribution in [0.2, 0.25) is 0 Å². The van der Waals surface area contributed by atoms with E-state index in [4.69, 9.17) is 5.11 Å². The summed E-state index contributed by atoms with van der Waals surface area (Å²) in [5.41, 5.74) is -0.0302. The summed E-state index contributed by atoms with van der Waals surface area (Å²) in [6.45, 7) is 0.444. The molecule has 0 aromatic carbocycles. The lowest BCUT2D eigenvalue weighted by Crippen LogP contribution is -2.39. The molecule has 7 heteroatoms. The summed E-state index contributed by atoms with van der Waals surface area (Å²) in [5, 5.41) is 10.6. The van der Waals surface area contributed by atoms with Gasteiger partial charge in [-0.3, -0.25) is 0 Å². The van der Waals surface area contributed by atoms with Crippen molar-refractivity contribution >= 4 is 22.4 Å². The lowest BCUT2D eigenvalue weighted by molar-refractivity contribution is -0.0220. The van der Waals surface area contributed by atoms with Gasteiger partial charge < -0.3 is 10.0 Å². The Hall–Kier alpha value is -1.24. The van der Waals surface area contributed by atoms with Gasteiger partial charge in [0.2, 0.25) is 0 Å². The molecule has 1 aromatic rings. The molecule has 1 aliphatic heterocycles. The zero-order chi connectivity index (χ0) is 11.8. The van der Waals surface area contributed by atoms with Gasteiger partial charge in [-0.2, -0.15) is 0 Å². The van der Waals surface area contributed by atoms with Crippen LogP contribution in [0, 0.1) is 0 Å². The highest BCUT2D eigenvalue weighted by atomic mass is 32.1. The molecule has 16 heavy (non-hydrogen) atoms. The first-order valence-corrected chi connectivity index (χ1v) is 5.67. The van der Waals surface area contributed by atoms with E-state index in [1.807, 2.05) is 0 Å². The molecule has 2 rings (SSSR count). The Kier molecular flexibility index (Phi) is 2.79. The SMILES string of the molecule is O=C(O)c1csc(N2CCC(F)(F)CC2)n1. The minimum absolute atomic E-state index is 0.0302. The van der Waals surface area contributed by atoms with Crippen LogP contribution in [0.25, 0.3) is 0 Å². The second-order valence-corrected chi connectivity index (χ2v) is 4.50. The van der Waals surface area contributed by atoms with Gasteiger partial charge in [-0.05, 0) is 0 Å². The lowest BCUT2D eigenvalue weighted by Gasteiger charge is -2.31. The number of anilines is 1. The maximum Gasteiger partial charge on any atom is 0.355 e. The van der Waals surface area contributed by atoms with E-state index in [0.717, 1.165) is 0 Å². The lowest BCUT2D eigenvalue weighted by atomic mass is 10.1. The quantitative estimate of drug-likeness (QED) is 0.870. The van der Waals surface area contributed by atoms with Crippen LogP contribution in [0.3, 0.4) is 0 Å². The summed E-state index contributed by atoms with van der Waals surface area (Å²) in [6, 6.07) is 0. The third-order valence-electron chi connectivity index (χ3n) is 2.48. The van der Waals surface area contributed by atoms with Crippen molar-refractivity contribution in [1.82, 2.24) is 4.98 Å². The first-order chi connectivity index (χ1) is 7.48. The zero-order valence-electron chi connectivity index (χ0n) is 8.32. The van der Waals surface area contributed by atoms with Crippen molar-refractivity contribution < 1.29 is 18.7 Å². The van der Waals surface area contributed by atoms with Crippen molar-refractivity contribution in [2.45, 2.75) is 18.8 Å². The summed E-state index contributed by atoms with van der Waals surface area (Å²) in [7, 11) is 0. The highest BCUT2D eigenvalue weighted by molar-refractivity contribution is 7.13. The largest absolute Gasteiger partial charge is 0.476 e. The molecule has 1 saturated heterocycles. The van der Waals surface area contributed by atoms with Crippen molar-refractivity contribution in [3.63, 3.8) is 0 Å². The molecule has 1 N–H and O–H groups in total. The first kappa shape index (κ1) is 11.3. The molecule has 2 heterocycles. The Bertz CT molecular complexity index is 398. The molecule has 1 aromatic heterocycles. The Labute approximate surface area is 94.5 Å². The van der Waals surface area contributed by atoms with E-state index >= 15 is 0 Å². The summed E-state index contributed by atoms with van der Waals surface area (Å²) in [5.74, 6) is -3.69. The van der Waals surface area contributed by atoms with Gasteiger partial charge in [0.15, 0.2) is 10.8 Å². The van der Waals surface area contributed by atoms with E-state index in [0.29, 0.717) is 5.13 Å². The second-order valence-electron chi connectivity index (χ2n) is 3.66. The number of carbonyl (C=O) groups is 1. The number of carboxylic acids is 1. The van der Waals surface area contributed by atoms with Crippen LogP contribution >= 0.6 is 11.3 Å². The summed E-state index contributed by atoms with van der Waals surface area (Å²) < 4.78 is 25.8. The smallest absolute Gasteiger partial charge is 0.355 e. The van der Waals surface area contributed by atoms with Crippen molar-refractivity contribution in [3.8, 4) is 0 Å². The minimum atomic E-state index is -2.59. The molecule has 0 bridgehead atoms. The number of alkyl halides is 2. The first-order valence-electron chi connectivity index (χ1n) is 4.79. The summed E-state index contributed by atoms with van der Waals surface area (Å²) in [4.78, 5) is 16.2. The van der Waals surface area contributed by atoms with E-state index in [2.05, 4.69) is 4.98 Å². The van der Waals surface area contributed by atoms with E-state index in [-0.39, 0.29) is 31.6 Å². The van der Waals surface area contributed by atoms with Gasteiger partial charge in [-0.25, -0.2) is 18.6 Å². The van der Waals surface area contributed by atoms with Gasteiger partial charge in [0.05, 0.1) is 0 Å². The number of carboxylic acid groups (broad SMARTS) is 1. The average molecular weight is 248 g/mol. The van der Waals surface area contributed by atoms with Crippen LogP contribution in [0.1, 0.15) is 23.3 Å². The average Bonchev–Trinajstić information content (AvgIpc) is 2.66. The van der Waals surface area contributed by atoms with Gasteiger partial charge >= 0.3 is 5.97 Å². The molecule has 1 fully saturated rings. The molecule has 0 unspecified atom stereocenters. The standard InChI is InChI=1S/C9H10F2N2O2S/c10-9(11)1-3-13(4-2-9)8-12-6(5-16-8)7(14)15/h5H,1-4H2,(H,14,15). The number of aromatic carboxylic acids is 1. The minimum Gasteiger partial charge on any atom is -0.476 e. The number of rotatable bonds is 2. The number of thiazole rings is 1. The van der Waals surface area contributed by atoms with Gasteiger partial charge in [0, 0.05) is 31.3 Å². The van der Waals surface area contributed by atoms with E-state index in [1.165, 1.54) is 16.7 Å². The molecule has 0 amide bonds. The highest BCUT2D eigenvalue weighted by Crippen LogP contribution is 2.31. The van der Waals surface area contributed by atoms with Gasteiger partial charge in [0.25, 0.3) is 5.92 Å².